The van der Waals surface area contributed by atoms with Crippen molar-refractivity contribution >= 4 is 23.3 Å². The average Bonchev–Trinajstić information content (AvgIpc) is 3.10. The van der Waals surface area contributed by atoms with Gasteiger partial charge in [0.05, 0.1) is 15.9 Å². The first-order valence-corrected chi connectivity index (χ1v) is 7.37. The van der Waals surface area contributed by atoms with Gasteiger partial charge in [0.15, 0.2) is 0 Å². The van der Waals surface area contributed by atoms with E-state index in [2.05, 4.69) is 29.6 Å². The van der Waals surface area contributed by atoms with Gasteiger partial charge in [-0.05, 0) is 30.2 Å². The van der Waals surface area contributed by atoms with Gasteiger partial charge in [0.1, 0.15) is 5.69 Å². The van der Waals surface area contributed by atoms with Gasteiger partial charge in [0.25, 0.3) is 5.69 Å². The lowest BCUT2D eigenvalue weighted by Crippen LogP contribution is -2.18. The molecule has 1 aromatic rings. The molecule has 8 nitrogen and oxygen atoms in total. The first kappa shape index (κ1) is 15.1. The van der Waals surface area contributed by atoms with E-state index < -0.39 is 9.85 Å². The van der Waals surface area contributed by atoms with E-state index in [4.69, 9.17) is 0 Å². The van der Waals surface area contributed by atoms with Gasteiger partial charge in [-0.1, -0.05) is 19.1 Å². The largest absolute Gasteiger partial charge is 0.301 e. The third-order valence-electron chi connectivity index (χ3n) is 4.75. The van der Waals surface area contributed by atoms with Crippen LogP contribution in [-0.4, -0.2) is 16.1 Å². The Bertz CT molecular complexity index is 715. The van der Waals surface area contributed by atoms with E-state index >= 15 is 0 Å². The highest BCUT2D eigenvalue weighted by Gasteiger charge is 2.40. The van der Waals surface area contributed by atoms with Gasteiger partial charge < -0.3 is 0 Å². The summed E-state index contributed by atoms with van der Waals surface area (Å²) in [5, 5.41) is 25.9. The number of rotatable bonds is 5. The van der Waals surface area contributed by atoms with Crippen molar-refractivity contribution in [3.63, 3.8) is 0 Å². The summed E-state index contributed by atoms with van der Waals surface area (Å²) in [6.45, 7) is 2.18. The summed E-state index contributed by atoms with van der Waals surface area (Å²) in [4.78, 5) is 20.4. The number of hydrogen-bond donors (Lipinski definition) is 1. The van der Waals surface area contributed by atoms with Gasteiger partial charge in [-0.25, -0.2) is 0 Å². The van der Waals surface area contributed by atoms with Crippen LogP contribution in [0.4, 0.5) is 17.1 Å². The smallest absolute Gasteiger partial charge is 0.272 e. The lowest BCUT2D eigenvalue weighted by Gasteiger charge is -2.20. The molecule has 0 saturated heterocycles. The lowest BCUT2D eigenvalue weighted by atomic mass is 9.85. The van der Waals surface area contributed by atoms with Crippen LogP contribution in [0.5, 0.6) is 0 Å². The van der Waals surface area contributed by atoms with Crippen LogP contribution in [-0.2, 0) is 0 Å². The zero-order valence-electron chi connectivity index (χ0n) is 12.5. The summed E-state index contributed by atoms with van der Waals surface area (Å²) in [5.74, 6) is 1.88. The molecule has 0 aliphatic heterocycles. The fourth-order valence-corrected chi connectivity index (χ4v) is 3.43. The van der Waals surface area contributed by atoms with Crippen molar-refractivity contribution in [3.8, 4) is 0 Å². The van der Waals surface area contributed by atoms with E-state index in [0.717, 1.165) is 12.5 Å². The van der Waals surface area contributed by atoms with Crippen molar-refractivity contribution < 1.29 is 9.85 Å². The minimum atomic E-state index is -0.663. The molecular weight excluding hydrogens is 300 g/mol. The van der Waals surface area contributed by atoms with Crippen LogP contribution in [0.25, 0.3) is 0 Å². The maximum absolute atomic E-state index is 11.1. The number of hydrazone groups is 1. The van der Waals surface area contributed by atoms with Crippen LogP contribution >= 0.6 is 0 Å². The number of hydrogen-bond acceptors (Lipinski definition) is 6. The minimum absolute atomic E-state index is 0.142. The van der Waals surface area contributed by atoms with Crippen molar-refractivity contribution in [1.29, 1.82) is 0 Å². The number of nitro benzene ring substituents is 2. The lowest BCUT2D eigenvalue weighted by molar-refractivity contribution is -0.393. The van der Waals surface area contributed by atoms with Gasteiger partial charge in [-0.2, -0.15) is 5.10 Å². The van der Waals surface area contributed by atoms with E-state index in [-0.39, 0.29) is 17.1 Å². The fraction of sp³-hybridized carbons (Fsp3) is 0.400. The standard InChI is InChI=1S/C15H16N4O4/c1-9-10-2-3-11(6-10)13(9)8-16-17-14-5-4-12(18(20)21)7-15(14)19(22)23/h2-5,7-11,13,17H,6H2,1H3. The number of anilines is 1. The number of non-ortho nitro benzene ring substituents is 1. The average molecular weight is 316 g/mol. The quantitative estimate of drug-likeness (QED) is 0.387. The number of fused-ring (bicyclic) bond motifs is 2. The number of nitrogens with one attached hydrogen (secondary N) is 1. The Morgan fingerprint density at radius 3 is 2.57 bits per heavy atom. The molecule has 8 heteroatoms. The third kappa shape index (κ3) is 2.79. The molecule has 1 saturated carbocycles. The minimum Gasteiger partial charge on any atom is -0.272 e. The highest BCUT2D eigenvalue weighted by molar-refractivity contribution is 5.69. The second-order valence-electron chi connectivity index (χ2n) is 5.99. The summed E-state index contributed by atoms with van der Waals surface area (Å²) in [5.41, 5.74) is 2.11. The van der Waals surface area contributed by atoms with Gasteiger partial charge in [0, 0.05) is 18.2 Å². The zero-order chi connectivity index (χ0) is 16.6. The summed E-state index contributed by atoms with van der Waals surface area (Å²) in [6.07, 6.45) is 7.38. The maximum Gasteiger partial charge on any atom is 0.301 e. The summed E-state index contributed by atoms with van der Waals surface area (Å²) < 4.78 is 0. The Hall–Kier alpha value is -2.77. The molecule has 120 valence electrons. The van der Waals surface area contributed by atoms with E-state index in [0.29, 0.717) is 23.7 Å². The van der Waals surface area contributed by atoms with Gasteiger partial charge in [-0.3, -0.25) is 25.7 Å². The zero-order valence-corrected chi connectivity index (χ0v) is 12.5. The van der Waals surface area contributed by atoms with Crippen LogP contribution in [0.15, 0.2) is 35.5 Å². The van der Waals surface area contributed by atoms with Crippen LogP contribution < -0.4 is 5.43 Å². The van der Waals surface area contributed by atoms with Crippen LogP contribution in [0, 0.1) is 43.9 Å². The second kappa shape index (κ2) is 5.79. The van der Waals surface area contributed by atoms with Crippen LogP contribution in [0.1, 0.15) is 13.3 Å². The van der Waals surface area contributed by atoms with E-state index in [9.17, 15) is 20.2 Å². The molecule has 4 unspecified atom stereocenters. The molecule has 2 aliphatic rings. The first-order chi connectivity index (χ1) is 11.0. The molecule has 1 aromatic carbocycles. The molecular formula is C15H16N4O4. The molecule has 0 aromatic heterocycles. The molecule has 2 bridgehead atoms. The highest BCUT2D eigenvalue weighted by atomic mass is 16.6. The third-order valence-corrected chi connectivity index (χ3v) is 4.75. The maximum atomic E-state index is 11.1. The Balaban J connectivity index is 1.75. The molecule has 1 N–H and O–H groups in total. The van der Waals surface area contributed by atoms with Crippen molar-refractivity contribution in [3.05, 3.63) is 50.6 Å². The molecule has 0 amide bonds. The van der Waals surface area contributed by atoms with Crippen molar-refractivity contribution in [2.45, 2.75) is 13.3 Å². The van der Waals surface area contributed by atoms with Crippen molar-refractivity contribution in [1.82, 2.24) is 0 Å². The van der Waals surface area contributed by atoms with Gasteiger partial charge in [0.2, 0.25) is 0 Å². The molecule has 4 atom stereocenters. The number of benzene rings is 1. The predicted octanol–water partition coefficient (Wildman–Crippen LogP) is 3.36. The number of allylic oxidation sites excluding steroid dienone is 2. The topological polar surface area (TPSA) is 111 Å². The molecule has 1 fully saturated rings. The first-order valence-electron chi connectivity index (χ1n) is 7.37. The number of nitrogens with zero attached hydrogens (tertiary/aromatic N) is 3. The predicted molar refractivity (Wildman–Crippen MR) is 85.3 cm³/mol. The molecule has 0 radical (unpaired) electrons. The monoisotopic (exact) mass is 316 g/mol. The van der Waals surface area contributed by atoms with Crippen molar-refractivity contribution in [2.24, 2.45) is 28.8 Å². The second-order valence-corrected chi connectivity index (χ2v) is 5.99. The Morgan fingerprint density at radius 1 is 1.22 bits per heavy atom. The van der Waals surface area contributed by atoms with E-state index in [1.54, 1.807) is 6.21 Å². The highest BCUT2D eigenvalue weighted by Crippen LogP contribution is 2.46. The molecule has 23 heavy (non-hydrogen) atoms. The SMILES string of the molecule is CC1C2C=CC(C2)C1C=NNc1ccc([N+](=O)[O-])cc1[N+](=O)[O-]. The van der Waals surface area contributed by atoms with E-state index in [1.165, 1.54) is 12.1 Å². The molecule has 0 heterocycles. The summed E-state index contributed by atoms with van der Waals surface area (Å²) >= 11 is 0. The molecule has 3 rings (SSSR count). The number of nitro groups is 2. The van der Waals surface area contributed by atoms with Crippen molar-refractivity contribution in [2.75, 3.05) is 5.43 Å². The van der Waals surface area contributed by atoms with Gasteiger partial charge in [-0.15, -0.1) is 0 Å². The van der Waals surface area contributed by atoms with Crippen LogP contribution in [0.3, 0.4) is 0 Å². The van der Waals surface area contributed by atoms with Crippen LogP contribution in [0.2, 0.25) is 0 Å². The van der Waals surface area contributed by atoms with Gasteiger partial charge >= 0.3 is 5.69 Å². The Labute approximate surface area is 132 Å². The van der Waals surface area contributed by atoms with E-state index in [1.807, 2.05) is 0 Å². The molecule has 0 spiro atoms. The summed E-state index contributed by atoms with van der Waals surface area (Å²) in [7, 11) is 0. The Kier molecular flexibility index (Phi) is 3.81. The normalized spacial score (nSPS) is 28.4. The Morgan fingerprint density at radius 2 is 1.96 bits per heavy atom. The molecule has 2 aliphatic carbocycles. The fourth-order valence-electron chi connectivity index (χ4n) is 3.43. The summed E-state index contributed by atoms with van der Waals surface area (Å²) in [6, 6.07) is 3.45.